The lowest BCUT2D eigenvalue weighted by atomic mass is 10.2. The predicted octanol–water partition coefficient (Wildman–Crippen LogP) is 3.61. The van der Waals surface area contributed by atoms with Gasteiger partial charge in [0.05, 0.1) is 12.8 Å². The molecule has 0 spiro atoms. The highest BCUT2D eigenvalue weighted by Gasteiger charge is 2.20. The van der Waals surface area contributed by atoms with Crippen molar-refractivity contribution in [2.45, 2.75) is 4.90 Å². The van der Waals surface area contributed by atoms with E-state index in [0.717, 1.165) is 6.07 Å². The average Bonchev–Trinajstić information content (AvgIpc) is 2.61. The highest BCUT2D eigenvalue weighted by Crippen LogP contribution is 2.38. The summed E-state index contributed by atoms with van der Waals surface area (Å²) < 4.78 is 37.7. The van der Waals surface area contributed by atoms with E-state index in [1.807, 2.05) is 0 Å². The van der Waals surface area contributed by atoms with Gasteiger partial charge in [0.25, 0.3) is 10.1 Å². The standard InChI is InChI=1S/C16H13N3O5S/c1-24-11-6-4-10(5-7-11)18-19-13-9-14(25(21,22)23)12-3-2-8-17-15(12)16(13)20/h2-9,20H,1H3,(H,21,22,23). The van der Waals surface area contributed by atoms with Crippen LogP contribution in [-0.2, 0) is 10.1 Å². The summed E-state index contributed by atoms with van der Waals surface area (Å²) in [6, 6.07) is 10.6. The molecule has 0 atom stereocenters. The van der Waals surface area contributed by atoms with E-state index in [9.17, 15) is 18.1 Å². The summed E-state index contributed by atoms with van der Waals surface area (Å²) in [5, 5.41) is 18.2. The highest BCUT2D eigenvalue weighted by atomic mass is 32.2. The molecule has 0 amide bonds. The summed E-state index contributed by atoms with van der Waals surface area (Å²) in [6.07, 6.45) is 1.39. The molecule has 1 aromatic heterocycles. The number of fused-ring (bicyclic) bond motifs is 1. The quantitative estimate of drug-likeness (QED) is 0.542. The van der Waals surface area contributed by atoms with Crippen LogP contribution in [-0.4, -0.2) is 30.2 Å². The van der Waals surface area contributed by atoms with E-state index in [0.29, 0.717) is 11.4 Å². The van der Waals surface area contributed by atoms with Gasteiger partial charge in [-0.25, -0.2) is 0 Å². The van der Waals surface area contributed by atoms with Gasteiger partial charge in [-0.15, -0.1) is 5.11 Å². The van der Waals surface area contributed by atoms with Crippen LogP contribution in [0.3, 0.4) is 0 Å². The second-order valence-corrected chi connectivity index (χ2v) is 6.41. The number of rotatable bonds is 4. The molecule has 2 N–H and O–H groups in total. The van der Waals surface area contributed by atoms with Crippen LogP contribution in [0.2, 0.25) is 0 Å². The Hall–Kier alpha value is -3.04. The zero-order valence-electron chi connectivity index (χ0n) is 13.0. The van der Waals surface area contributed by atoms with Gasteiger partial charge >= 0.3 is 0 Å². The first-order valence-electron chi connectivity index (χ1n) is 7.04. The molecule has 0 aliphatic heterocycles. The van der Waals surface area contributed by atoms with E-state index >= 15 is 0 Å². The van der Waals surface area contributed by atoms with Crippen LogP contribution in [0.25, 0.3) is 10.9 Å². The summed E-state index contributed by atoms with van der Waals surface area (Å²) in [5.41, 5.74) is 0.339. The summed E-state index contributed by atoms with van der Waals surface area (Å²) >= 11 is 0. The second-order valence-electron chi connectivity index (χ2n) is 5.02. The van der Waals surface area contributed by atoms with E-state index in [4.69, 9.17) is 4.74 Å². The molecule has 0 aliphatic carbocycles. The van der Waals surface area contributed by atoms with Crippen LogP contribution in [0.1, 0.15) is 0 Å². The Balaban J connectivity index is 2.12. The minimum atomic E-state index is -4.53. The number of benzene rings is 2. The maximum Gasteiger partial charge on any atom is 0.295 e. The normalized spacial score (nSPS) is 11.9. The highest BCUT2D eigenvalue weighted by molar-refractivity contribution is 7.86. The topological polar surface area (TPSA) is 121 Å². The fourth-order valence-corrected chi connectivity index (χ4v) is 2.94. The smallest absolute Gasteiger partial charge is 0.295 e. The number of nitrogens with zero attached hydrogens (tertiary/aromatic N) is 3. The number of ether oxygens (including phenoxy) is 1. The van der Waals surface area contributed by atoms with Crippen molar-refractivity contribution in [3.63, 3.8) is 0 Å². The molecular formula is C16H13N3O5S. The molecule has 1 heterocycles. The molecule has 0 aliphatic rings. The Morgan fingerprint density at radius 3 is 2.48 bits per heavy atom. The van der Waals surface area contributed by atoms with Crippen LogP contribution in [0.15, 0.2) is 63.8 Å². The van der Waals surface area contributed by atoms with Crippen LogP contribution in [0, 0.1) is 0 Å². The lowest BCUT2D eigenvalue weighted by molar-refractivity contribution is 0.415. The van der Waals surface area contributed by atoms with Crippen molar-refractivity contribution < 1.29 is 22.8 Å². The van der Waals surface area contributed by atoms with Gasteiger partial charge in [-0.2, -0.15) is 13.5 Å². The Morgan fingerprint density at radius 2 is 1.84 bits per heavy atom. The minimum Gasteiger partial charge on any atom is -0.504 e. The van der Waals surface area contributed by atoms with Crippen molar-refractivity contribution >= 4 is 32.4 Å². The molecule has 3 rings (SSSR count). The molecule has 0 radical (unpaired) electrons. The third-order valence-corrected chi connectivity index (χ3v) is 4.33. The first-order chi connectivity index (χ1) is 11.9. The molecule has 0 saturated heterocycles. The fourth-order valence-electron chi connectivity index (χ4n) is 2.23. The number of phenols is 1. The Labute approximate surface area is 143 Å². The molecule has 0 bridgehead atoms. The number of aromatic hydroxyl groups is 1. The van der Waals surface area contributed by atoms with Crippen molar-refractivity contribution in [3.05, 3.63) is 48.7 Å². The zero-order valence-corrected chi connectivity index (χ0v) is 13.8. The predicted molar refractivity (Wildman–Crippen MR) is 90.4 cm³/mol. The van der Waals surface area contributed by atoms with Crippen molar-refractivity contribution in [3.8, 4) is 11.5 Å². The van der Waals surface area contributed by atoms with Gasteiger partial charge in [-0.3, -0.25) is 9.54 Å². The monoisotopic (exact) mass is 359 g/mol. The number of hydrogen-bond acceptors (Lipinski definition) is 7. The SMILES string of the molecule is COc1ccc(N=Nc2cc(S(=O)(=O)O)c3cccnc3c2O)cc1. The van der Waals surface area contributed by atoms with Gasteiger partial charge < -0.3 is 9.84 Å². The van der Waals surface area contributed by atoms with Gasteiger partial charge in [0, 0.05) is 11.6 Å². The van der Waals surface area contributed by atoms with Crippen molar-refractivity contribution in [2.75, 3.05) is 7.11 Å². The van der Waals surface area contributed by atoms with Crippen molar-refractivity contribution in [1.29, 1.82) is 0 Å². The van der Waals surface area contributed by atoms with Gasteiger partial charge in [0.1, 0.15) is 21.8 Å². The fraction of sp³-hybridized carbons (Fsp3) is 0.0625. The zero-order chi connectivity index (χ0) is 18.0. The van der Waals surface area contributed by atoms with Gasteiger partial charge in [0.2, 0.25) is 0 Å². The van der Waals surface area contributed by atoms with E-state index in [2.05, 4.69) is 15.2 Å². The largest absolute Gasteiger partial charge is 0.504 e. The van der Waals surface area contributed by atoms with E-state index in [1.54, 1.807) is 24.3 Å². The molecule has 0 fully saturated rings. The molecule has 0 saturated carbocycles. The number of phenolic OH excluding ortho intramolecular Hbond substituents is 1. The first-order valence-corrected chi connectivity index (χ1v) is 8.48. The van der Waals surface area contributed by atoms with Crippen LogP contribution in [0.4, 0.5) is 11.4 Å². The third-order valence-electron chi connectivity index (χ3n) is 3.43. The summed E-state index contributed by atoms with van der Waals surface area (Å²) in [7, 11) is -2.99. The van der Waals surface area contributed by atoms with Crippen LogP contribution < -0.4 is 4.74 Å². The lowest BCUT2D eigenvalue weighted by Gasteiger charge is -2.07. The Morgan fingerprint density at radius 1 is 1.12 bits per heavy atom. The summed E-state index contributed by atoms with van der Waals surface area (Å²) in [4.78, 5) is 3.54. The number of pyridine rings is 1. The van der Waals surface area contributed by atoms with E-state index < -0.39 is 15.0 Å². The molecular weight excluding hydrogens is 346 g/mol. The maximum absolute atomic E-state index is 11.6. The number of aromatic nitrogens is 1. The number of hydrogen-bond donors (Lipinski definition) is 2. The molecule has 25 heavy (non-hydrogen) atoms. The van der Waals surface area contributed by atoms with Crippen molar-refractivity contribution in [1.82, 2.24) is 4.98 Å². The van der Waals surface area contributed by atoms with E-state index in [1.165, 1.54) is 25.4 Å². The second kappa shape index (κ2) is 6.46. The maximum atomic E-state index is 11.6. The lowest BCUT2D eigenvalue weighted by Crippen LogP contribution is -1.99. The Kier molecular flexibility index (Phi) is 4.34. The first kappa shape index (κ1) is 16.8. The molecule has 2 aromatic carbocycles. The van der Waals surface area contributed by atoms with Gasteiger partial charge in [-0.05, 0) is 42.5 Å². The van der Waals surface area contributed by atoms with Crippen LogP contribution >= 0.6 is 0 Å². The average molecular weight is 359 g/mol. The van der Waals surface area contributed by atoms with E-state index in [-0.39, 0.29) is 22.3 Å². The molecule has 0 unspecified atom stereocenters. The van der Waals surface area contributed by atoms with Crippen molar-refractivity contribution in [2.24, 2.45) is 10.2 Å². The van der Waals surface area contributed by atoms with Gasteiger partial charge in [0.15, 0.2) is 5.75 Å². The molecule has 3 aromatic rings. The molecule has 9 heteroatoms. The number of azo groups is 1. The van der Waals surface area contributed by atoms with Gasteiger partial charge in [-0.1, -0.05) is 0 Å². The minimum absolute atomic E-state index is 0.00121. The summed E-state index contributed by atoms with van der Waals surface area (Å²) in [5.74, 6) is 0.311. The molecule has 8 nitrogen and oxygen atoms in total. The third kappa shape index (κ3) is 3.42. The summed E-state index contributed by atoms with van der Waals surface area (Å²) in [6.45, 7) is 0. The number of methoxy groups -OCH3 is 1. The Bertz CT molecular complexity index is 1060. The molecule has 128 valence electrons. The van der Waals surface area contributed by atoms with Crippen LogP contribution in [0.5, 0.6) is 11.5 Å².